The number of piperidine rings is 5. The minimum atomic E-state index is -0.481. The van der Waals surface area contributed by atoms with Gasteiger partial charge in [0.2, 0.25) is 0 Å². The van der Waals surface area contributed by atoms with E-state index in [1.807, 2.05) is 0 Å². The summed E-state index contributed by atoms with van der Waals surface area (Å²) < 4.78 is 31.2. The van der Waals surface area contributed by atoms with Crippen molar-refractivity contribution in [1.82, 2.24) is 36.8 Å². The van der Waals surface area contributed by atoms with E-state index in [0.29, 0.717) is 64.2 Å². The number of quaternary nitrogens is 1. The maximum Gasteiger partial charge on any atom is 0.362 e. The van der Waals surface area contributed by atoms with Crippen LogP contribution in [-0.2, 0) is 47.7 Å². The molecule has 5 rings (SSSR count). The van der Waals surface area contributed by atoms with E-state index in [2.05, 4.69) is 170 Å². The molecule has 0 unspecified atom stereocenters. The average Bonchev–Trinajstić information content (AvgIpc) is 3.12. The first-order valence-electron chi connectivity index (χ1n) is 29.0. The molecule has 5 aliphatic rings. The molecule has 0 aromatic heterocycles. The Morgan fingerprint density at radius 2 is 0.610 bits per heavy atom. The summed E-state index contributed by atoms with van der Waals surface area (Å²) in [7, 11) is 0. The standard InChI is InChI=1S/C59H109N8O10/c1-50(2)25-40(26-51(3,4)61-50)73-45(68)35-60-21-23-67(38-48(71)76-43-31-56(13,14)64-57(15,16)32-43,39-49(72)77-44-33-58(17,18)65-59(19,20)34-44)24-22-66(36-46(69)74-41-27-52(5,6)62-53(7,8)28-41)37-47(70)75-42-29-54(9,10)63-55(11,12)30-42/h40-44,60-65H,21-39H2,1-20H3/q+1. The molecular weight excluding hydrogens is 981 g/mol. The first-order valence-corrected chi connectivity index (χ1v) is 29.0. The van der Waals surface area contributed by atoms with Crippen LogP contribution >= 0.6 is 0 Å². The van der Waals surface area contributed by atoms with Gasteiger partial charge in [0.1, 0.15) is 30.5 Å². The van der Waals surface area contributed by atoms with Crippen molar-refractivity contribution in [3.63, 3.8) is 0 Å². The highest BCUT2D eigenvalue weighted by Crippen LogP contribution is 2.35. The Kier molecular flexibility index (Phi) is 20.1. The average molecular weight is 1090 g/mol. The minimum absolute atomic E-state index is 0.0867. The van der Waals surface area contributed by atoms with Crippen molar-refractivity contribution in [3.8, 4) is 0 Å². The van der Waals surface area contributed by atoms with E-state index in [1.165, 1.54) is 0 Å². The molecule has 0 aromatic rings. The van der Waals surface area contributed by atoms with Gasteiger partial charge in [-0.3, -0.25) is 19.3 Å². The van der Waals surface area contributed by atoms with Gasteiger partial charge in [0.25, 0.3) is 0 Å². The predicted octanol–water partition coefficient (Wildman–Crippen LogP) is 5.96. The van der Waals surface area contributed by atoms with E-state index >= 15 is 0 Å². The lowest BCUT2D eigenvalue weighted by Gasteiger charge is -2.46. The molecule has 0 aromatic carbocycles. The summed E-state index contributed by atoms with van der Waals surface area (Å²) >= 11 is 0. The molecule has 444 valence electrons. The fraction of sp³-hybridized carbons (Fsp3) is 0.915. The highest BCUT2D eigenvalue weighted by atomic mass is 16.6. The van der Waals surface area contributed by atoms with Crippen molar-refractivity contribution in [2.24, 2.45) is 0 Å². The Hall–Kier alpha value is -2.97. The van der Waals surface area contributed by atoms with E-state index in [0.717, 1.165) is 0 Å². The zero-order chi connectivity index (χ0) is 58.1. The summed E-state index contributed by atoms with van der Waals surface area (Å²) in [4.78, 5) is 73.2. The van der Waals surface area contributed by atoms with E-state index in [1.54, 1.807) is 4.90 Å². The Bertz CT molecular complexity index is 1890. The molecular formula is C59H109N8O10+. The molecule has 0 radical (unpaired) electrons. The van der Waals surface area contributed by atoms with Crippen LogP contribution in [0.2, 0.25) is 0 Å². The van der Waals surface area contributed by atoms with Gasteiger partial charge in [-0.25, -0.2) is 9.59 Å². The number of nitrogens with zero attached hydrogens (tertiary/aromatic N) is 2. The summed E-state index contributed by atoms with van der Waals surface area (Å²) in [5, 5.41) is 21.6. The molecule has 18 heteroatoms. The maximum absolute atomic E-state index is 14.7. The molecule has 77 heavy (non-hydrogen) atoms. The number of rotatable bonds is 21. The van der Waals surface area contributed by atoms with Gasteiger partial charge in [0.15, 0.2) is 13.1 Å². The zero-order valence-electron chi connectivity index (χ0n) is 51.8. The van der Waals surface area contributed by atoms with Crippen LogP contribution in [0.5, 0.6) is 0 Å². The summed E-state index contributed by atoms with van der Waals surface area (Å²) in [5.41, 5.74) is -2.78. The SMILES string of the molecule is CC1(C)CC(OC(=O)CNCC[N+](CCN(CC(=O)OC2CC(C)(C)NC(C)(C)C2)CC(=O)OC2CC(C)(C)NC(C)(C)C2)(CC(=O)OC2CC(C)(C)NC(C)(C)C2)CC(=O)OC2CC(C)(C)NC(C)(C)C2)CC(C)(C)N1. The lowest BCUT2D eigenvalue weighted by molar-refractivity contribution is -0.913. The number of carbonyl (C=O) groups excluding carboxylic acids is 5. The summed E-state index contributed by atoms with van der Waals surface area (Å²) in [6, 6.07) is 0. The Morgan fingerprint density at radius 1 is 0.377 bits per heavy atom. The molecule has 6 N–H and O–H groups in total. The topological polar surface area (TPSA) is 207 Å². The third-order valence-electron chi connectivity index (χ3n) is 15.8. The molecule has 0 atom stereocenters. The van der Waals surface area contributed by atoms with Crippen molar-refractivity contribution in [3.05, 3.63) is 0 Å². The molecule has 5 saturated heterocycles. The molecule has 5 fully saturated rings. The molecule has 5 aliphatic heterocycles. The third kappa shape index (κ3) is 22.1. The van der Waals surface area contributed by atoms with E-state index in [4.69, 9.17) is 23.7 Å². The first kappa shape index (κ1) is 64.8. The van der Waals surface area contributed by atoms with Gasteiger partial charge < -0.3 is 60.1 Å². The fourth-order valence-corrected chi connectivity index (χ4v) is 15.2. The van der Waals surface area contributed by atoms with Crippen LogP contribution in [0, 0.1) is 0 Å². The molecule has 0 saturated carbocycles. The van der Waals surface area contributed by atoms with Gasteiger partial charge in [-0.15, -0.1) is 0 Å². The third-order valence-corrected chi connectivity index (χ3v) is 15.8. The normalized spacial score (nSPS) is 25.8. The lowest BCUT2D eigenvalue weighted by Crippen LogP contribution is -2.62. The van der Waals surface area contributed by atoms with Crippen molar-refractivity contribution in [1.29, 1.82) is 0 Å². The number of carbonyl (C=O) groups is 5. The largest absolute Gasteiger partial charge is 0.461 e. The van der Waals surface area contributed by atoms with Crippen molar-refractivity contribution < 1.29 is 52.1 Å². The summed E-state index contributed by atoms with van der Waals surface area (Å²) in [6.45, 7) is 41.7. The van der Waals surface area contributed by atoms with Crippen LogP contribution in [0.4, 0.5) is 0 Å². The van der Waals surface area contributed by atoms with Gasteiger partial charge in [-0.2, -0.15) is 0 Å². The zero-order valence-corrected chi connectivity index (χ0v) is 51.8. The van der Waals surface area contributed by atoms with Crippen molar-refractivity contribution in [2.45, 2.75) is 289 Å². The molecule has 0 aliphatic carbocycles. The van der Waals surface area contributed by atoms with Gasteiger partial charge >= 0.3 is 29.8 Å². The van der Waals surface area contributed by atoms with Crippen molar-refractivity contribution >= 4 is 29.8 Å². The molecule has 0 spiro atoms. The number of hydrogen-bond acceptors (Lipinski definition) is 17. The van der Waals surface area contributed by atoms with Crippen molar-refractivity contribution in [2.75, 3.05) is 58.9 Å². The second kappa shape index (κ2) is 23.9. The Labute approximate surface area is 464 Å². The van der Waals surface area contributed by atoms with Gasteiger partial charge in [-0.1, -0.05) is 0 Å². The van der Waals surface area contributed by atoms with Crippen LogP contribution in [0.25, 0.3) is 0 Å². The molecule has 18 nitrogen and oxygen atoms in total. The van der Waals surface area contributed by atoms with Crippen LogP contribution in [0.3, 0.4) is 0 Å². The summed E-state index contributed by atoms with van der Waals surface area (Å²) in [6.07, 6.45) is 4.38. The van der Waals surface area contributed by atoms with Crippen LogP contribution in [0.15, 0.2) is 0 Å². The number of ether oxygens (including phenoxy) is 5. The number of esters is 5. The predicted molar refractivity (Wildman–Crippen MR) is 301 cm³/mol. The Morgan fingerprint density at radius 3 is 0.870 bits per heavy atom. The Balaban J connectivity index is 1.47. The second-order valence-corrected chi connectivity index (χ2v) is 31.1. The van der Waals surface area contributed by atoms with Gasteiger partial charge in [-0.05, 0) is 138 Å². The van der Waals surface area contributed by atoms with E-state index in [9.17, 15) is 24.0 Å². The fourth-order valence-electron chi connectivity index (χ4n) is 15.2. The molecule has 0 bridgehead atoms. The van der Waals surface area contributed by atoms with Crippen LogP contribution in [-0.4, -0.2) is 184 Å². The minimum Gasteiger partial charge on any atom is -0.461 e. The molecule has 0 amide bonds. The maximum atomic E-state index is 14.7. The molecule has 5 heterocycles. The van der Waals surface area contributed by atoms with Gasteiger partial charge in [0.05, 0.1) is 32.7 Å². The number of nitrogens with one attached hydrogen (secondary N) is 6. The monoisotopic (exact) mass is 1090 g/mol. The highest BCUT2D eigenvalue weighted by Gasteiger charge is 2.46. The van der Waals surface area contributed by atoms with E-state index in [-0.39, 0.29) is 137 Å². The number of hydrogen-bond donors (Lipinski definition) is 6. The highest BCUT2D eigenvalue weighted by molar-refractivity contribution is 5.76. The van der Waals surface area contributed by atoms with E-state index < -0.39 is 42.1 Å². The first-order chi connectivity index (χ1) is 34.8. The van der Waals surface area contributed by atoms with Crippen LogP contribution < -0.4 is 31.9 Å². The lowest BCUT2D eigenvalue weighted by atomic mass is 9.81. The van der Waals surface area contributed by atoms with Gasteiger partial charge in [0, 0.05) is 133 Å². The smallest absolute Gasteiger partial charge is 0.362 e. The second-order valence-electron chi connectivity index (χ2n) is 31.1. The summed E-state index contributed by atoms with van der Waals surface area (Å²) in [5.74, 6) is -2.31. The van der Waals surface area contributed by atoms with Crippen LogP contribution in [0.1, 0.15) is 203 Å². The quantitative estimate of drug-likeness (QED) is 0.0340.